The number of hydrogen-bond donors (Lipinski definition) is 2. The van der Waals surface area contributed by atoms with E-state index in [1.54, 1.807) is 42.7 Å². The van der Waals surface area contributed by atoms with Crippen LogP contribution in [0.4, 0.5) is 11.4 Å². The molecule has 0 aliphatic rings. The molecule has 2 aromatic carbocycles. The lowest BCUT2D eigenvalue weighted by molar-refractivity contribution is 0.102. The van der Waals surface area contributed by atoms with Gasteiger partial charge in [0, 0.05) is 29.3 Å². The molecule has 3 aromatic rings. The summed E-state index contributed by atoms with van der Waals surface area (Å²) in [6.45, 7) is 1.90. The van der Waals surface area contributed by atoms with E-state index in [1.807, 2.05) is 13.0 Å². The van der Waals surface area contributed by atoms with E-state index in [2.05, 4.69) is 15.3 Å². The Kier molecular flexibility index (Phi) is 3.23. The molecular weight excluding hydrogens is 264 g/mol. The van der Waals surface area contributed by atoms with Gasteiger partial charge in [-0.2, -0.15) is 0 Å². The van der Waals surface area contributed by atoms with Crippen LogP contribution >= 0.6 is 0 Å². The highest BCUT2D eigenvalue weighted by atomic mass is 16.1. The Labute approximate surface area is 121 Å². The molecule has 3 rings (SSSR count). The number of carbonyl (C=O) groups excluding carboxylic acids is 1. The molecule has 3 N–H and O–H groups in total. The number of benzene rings is 2. The average Bonchev–Trinajstić information content (AvgIpc) is 2.49. The van der Waals surface area contributed by atoms with Gasteiger partial charge in [-0.25, -0.2) is 0 Å². The molecule has 0 fully saturated rings. The normalized spacial score (nSPS) is 10.5. The molecule has 0 atom stereocenters. The molecule has 0 bridgehead atoms. The third-order valence-electron chi connectivity index (χ3n) is 3.23. The first kappa shape index (κ1) is 13.1. The van der Waals surface area contributed by atoms with E-state index in [-0.39, 0.29) is 5.91 Å². The predicted molar refractivity (Wildman–Crippen MR) is 83.1 cm³/mol. The number of nitrogen functional groups attached to an aromatic ring is 1. The quantitative estimate of drug-likeness (QED) is 0.706. The monoisotopic (exact) mass is 278 g/mol. The average molecular weight is 278 g/mol. The lowest BCUT2D eigenvalue weighted by Gasteiger charge is -2.09. The zero-order valence-corrected chi connectivity index (χ0v) is 11.5. The highest BCUT2D eigenvalue weighted by molar-refractivity contribution is 6.06. The second-order valence-electron chi connectivity index (χ2n) is 4.79. The molecule has 0 saturated heterocycles. The second-order valence-corrected chi connectivity index (χ2v) is 4.79. The Morgan fingerprint density at radius 2 is 1.81 bits per heavy atom. The van der Waals surface area contributed by atoms with Crippen LogP contribution in [0, 0.1) is 6.92 Å². The topological polar surface area (TPSA) is 80.9 Å². The summed E-state index contributed by atoms with van der Waals surface area (Å²) >= 11 is 0. The van der Waals surface area contributed by atoms with Crippen LogP contribution in [-0.4, -0.2) is 15.9 Å². The van der Waals surface area contributed by atoms with Crippen molar-refractivity contribution < 1.29 is 4.79 Å². The number of aromatic nitrogens is 2. The number of amides is 1. The van der Waals surface area contributed by atoms with Gasteiger partial charge in [-0.15, -0.1) is 0 Å². The van der Waals surface area contributed by atoms with Gasteiger partial charge in [-0.3, -0.25) is 14.8 Å². The summed E-state index contributed by atoms with van der Waals surface area (Å²) in [5.74, 6) is -0.185. The fourth-order valence-corrected chi connectivity index (χ4v) is 2.13. The summed E-state index contributed by atoms with van der Waals surface area (Å²) in [4.78, 5) is 20.7. The van der Waals surface area contributed by atoms with Crippen molar-refractivity contribution in [1.29, 1.82) is 0 Å². The number of nitrogens with one attached hydrogen (secondary N) is 1. The van der Waals surface area contributed by atoms with Gasteiger partial charge in [0.1, 0.15) is 0 Å². The van der Waals surface area contributed by atoms with Crippen LogP contribution in [0.15, 0.2) is 48.8 Å². The molecule has 0 spiro atoms. The molecule has 104 valence electrons. The Balaban J connectivity index is 1.89. The van der Waals surface area contributed by atoms with E-state index >= 15 is 0 Å². The number of nitrogens with two attached hydrogens (primary N) is 1. The van der Waals surface area contributed by atoms with E-state index in [9.17, 15) is 4.79 Å². The molecule has 21 heavy (non-hydrogen) atoms. The Morgan fingerprint density at radius 3 is 2.57 bits per heavy atom. The largest absolute Gasteiger partial charge is 0.399 e. The molecule has 0 aliphatic carbocycles. The summed E-state index contributed by atoms with van der Waals surface area (Å²) in [6, 6.07) is 10.6. The molecule has 0 saturated carbocycles. The fraction of sp³-hybridized carbons (Fsp3) is 0.0625. The van der Waals surface area contributed by atoms with Crippen molar-refractivity contribution in [2.45, 2.75) is 6.92 Å². The smallest absolute Gasteiger partial charge is 0.255 e. The SMILES string of the molecule is Cc1cc(N)ccc1NC(=O)c1ccc2nccnc2c1. The van der Waals surface area contributed by atoms with Gasteiger partial charge in [-0.1, -0.05) is 0 Å². The van der Waals surface area contributed by atoms with E-state index in [1.165, 1.54) is 0 Å². The first-order valence-electron chi connectivity index (χ1n) is 6.52. The third-order valence-corrected chi connectivity index (χ3v) is 3.23. The van der Waals surface area contributed by atoms with Gasteiger partial charge in [0.2, 0.25) is 0 Å². The summed E-state index contributed by atoms with van der Waals surface area (Å²) in [5.41, 5.74) is 10.0. The van der Waals surface area contributed by atoms with Crippen molar-refractivity contribution in [2.75, 3.05) is 11.1 Å². The van der Waals surface area contributed by atoms with Crippen molar-refractivity contribution in [1.82, 2.24) is 9.97 Å². The van der Waals surface area contributed by atoms with Crippen molar-refractivity contribution in [2.24, 2.45) is 0 Å². The van der Waals surface area contributed by atoms with E-state index in [0.29, 0.717) is 16.8 Å². The van der Waals surface area contributed by atoms with E-state index in [0.717, 1.165) is 16.8 Å². The summed E-state index contributed by atoms with van der Waals surface area (Å²) in [6.07, 6.45) is 3.23. The predicted octanol–water partition coefficient (Wildman–Crippen LogP) is 2.77. The third kappa shape index (κ3) is 2.67. The minimum Gasteiger partial charge on any atom is -0.399 e. The standard InChI is InChI=1S/C16H14N4O/c1-10-8-12(17)3-5-13(10)20-16(21)11-2-4-14-15(9-11)19-7-6-18-14/h2-9H,17H2,1H3,(H,20,21). The number of anilines is 2. The van der Waals surface area contributed by atoms with E-state index in [4.69, 9.17) is 5.73 Å². The molecule has 0 unspecified atom stereocenters. The second kappa shape index (κ2) is 5.20. The lowest BCUT2D eigenvalue weighted by Crippen LogP contribution is -2.13. The van der Waals surface area contributed by atoms with Gasteiger partial charge < -0.3 is 11.1 Å². The summed E-state index contributed by atoms with van der Waals surface area (Å²) in [5, 5.41) is 2.88. The highest BCUT2D eigenvalue weighted by Gasteiger charge is 2.09. The van der Waals surface area contributed by atoms with Crippen LogP contribution < -0.4 is 11.1 Å². The Morgan fingerprint density at radius 1 is 1.05 bits per heavy atom. The van der Waals surface area contributed by atoms with Crippen LogP contribution in [0.2, 0.25) is 0 Å². The lowest BCUT2D eigenvalue weighted by atomic mass is 10.1. The van der Waals surface area contributed by atoms with Crippen LogP contribution in [-0.2, 0) is 0 Å². The van der Waals surface area contributed by atoms with Gasteiger partial charge in [-0.05, 0) is 48.9 Å². The Bertz CT molecular complexity index is 829. The number of aryl methyl sites for hydroxylation is 1. The maximum absolute atomic E-state index is 12.3. The molecular formula is C16H14N4O. The van der Waals surface area contributed by atoms with Crippen LogP contribution in [0.3, 0.4) is 0 Å². The minimum absolute atomic E-state index is 0.185. The van der Waals surface area contributed by atoms with Crippen LogP contribution in [0.1, 0.15) is 15.9 Å². The van der Waals surface area contributed by atoms with Gasteiger partial charge in [0.25, 0.3) is 5.91 Å². The molecule has 1 heterocycles. The fourth-order valence-electron chi connectivity index (χ4n) is 2.13. The minimum atomic E-state index is -0.185. The first-order valence-corrected chi connectivity index (χ1v) is 6.52. The number of hydrogen-bond acceptors (Lipinski definition) is 4. The number of fused-ring (bicyclic) bond motifs is 1. The molecule has 5 nitrogen and oxygen atoms in total. The maximum atomic E-state index is 12.3. The number of rotatable bonds is 2. The van der Waals surface area contributed by atoms with E-state index < -0.39 is 0 Å². The van der Waals surface area contributed by atoms with Gasteiger partial charge >= 0.3 is 0 Å². The van der Waals surface area contributed by atoms with Crippen molar-refractivity contribution in [3.63, 3.8) is 0 Å². The van der Waals surface area contributed by atoms with Gasteiger partial charge in [0.05, 0.1) is 11.0 Å². The van der Waals surface area contributed by atoms with Crippen molar-refractivity contribution >= 4 is 28.3 Å². The molecule has 0 aliphatic heterocycles. The zero-order chi connectivity index (χ0) is 14.8. The van der Waals surface area contributed by atoms with Crippen molar-refractivity contribution in [3.05, 3.63) is 59.9 Å². The molecule has 1 aromatic heterocycles. The van der Waals surface area contributed by atoms with Crippen LogP contribution in [0.5, 0.6) is 0 Å². The summed E-state index contributed by atoms with van der Waals surface area (Å²) in [7, 11) is 0. The van der Waals surface area contributed by atoms with Crippen LogP contribution in [0.25, 0.3) is 11.0 Å². The highest BCUT2D eigenvalue weighted by Crippen LogP contribution is 2.19. The zero-order valence-electron chi connectivity index (χ0n) is 11.5. The Hall–Kier alpha value is -2.95. The van der Waals surface area contributed by atoms with Crippen molar-refractivity contribution in [3.8, 4) is 0 Å². The first-order chi connectivity index (χ1) is 10.1. The maximum Gasteiger partial charge on any atom is 0.255 e. The number of nitrogens with zero attached hydrogens (tertiary/aromatic N) is 2. The molecule has 0 radical (unpaired) electrons. The van der Waals surface area contributed by atoms with Gasteiger partial charge in [0.15, 0.2) is 0 Å². The number of carbonyl (C=O) groups is 1. The molecule has 1 amide bonds. The molecule has 5 heteroatoms. The summed E-state index contributed by atoms with van der Waals surface area (Å²) < 4.78 is 0.